The van der Waals surface area contributed by atoms with Crippen LogP contribution in [0, 0.1) is 0 Å². The highest BCUT2D eigenvalue weighted by atomic mass is 16.2. The maximum atomic E-state index is 12.7. The van der Waals surface area contributed by atoms with E-state index in [9.17, 15) is 9.59 Å². The van der Waals surface area contributed by atoms with Gasteiger partial charge in [0.05, 0.1) is 0 Å². The van der Waals surface area contributed by atoms with Gasteiger partial charge in [-0.1, -0.05) is 42.5 Å². The summed E-state index contributed by atoms with van der Waals surface area (Å²) in [5.74, 6) is 0.0898. The number of rotatable bonds is 5. The minimum absolute atomic E-state index is 0.167. The minimum Gasteiger partial charge on any atom is -0.383 e. The van der Waals surface area contributed by atoms with Gasteiger partial charge in [0, 0.05) is 24.7 Å². The van der Waals surface area contributed by atoms with Crippen molar-refractivity contribution < 1.29 is 9.59 Å². The molecule has 0 unspecified atom stereocenters. The fourth-order valence-corrected chi connectivity index (χ4v) is 3.57. The molecular weight excluding hydrogens is 366 g/mol. The number of carbonyl (C=O) groups is 2. The van der Waals surface area contributed by atoms with Gasteiger partial charge in [-0.15, -0.1) is 0 Å². The first-order valence-corrected chi connectivity index (χ1v) is 9.56. The lowest BCUT2D eigenvalue weighted by Gasteiger charge is -2.41. The number of nitrogens with one attached hydrogen (secondary N) is 1. The first-order chi connectivity index (χ1) is 14.0. The highest BCUT2D eigenvalue weighted by Crippen LogP contribution is 2.24. The summed E-state index contributed by atoms with van der Waals surface area (Å²) in [6, 6.07) is 15.6. The van der Waals surface area contributed by atoms with E-state index in [0.717, 1.165) is 21.9 Å². The number of likely N-dealkylation sites (tertiary alicyclic amines) is 1. The van der Waals surface area contributed by atoms with Gasteiger partial charge in [-0.05, 0) is 35.1 Å². The predicted molar refractivity (Wildman–Crippen MR) is 111 cm³/mol. The number of hydrogen-bond acceptors (Lipinski definition) is 5. The van der Waals surface area contributed by atoms with E-state index in [1.54, 1.807) is 11.1 Å². The maximum Gasteiger partial charge on any atom is 0.244 e. The number of nitrogens with zero attached hydrogens (tertiary/aromatic N) is 2. The molecule has 3 aromatic rings. The Hall–Kier alpha value is -3.45. The monoisotopic (exact) mass is 389 g/mol. The summed E-state index contributed by atoms with van der Waals surface area (Å²) in [7, 11) is 0. The fraction of sp³-hybridized carbons (Fsp3) is 0.227. The number of pyridine rings is 1. The van der Waals surface area contributed by atoms with Gasteiger partial charge in [-0.3, -0.25) is 9.59 Å². The van der Waals surface area contributed by atoms with Crippen LogP contribution >= 0.6 is 0 Å². The Morgan fingerprint density at radius 3 is 2.69 bits per heavy atom. The van der Waals surface area contributed by atoms with Crippen LogP contribution in [0.15, 0.2) is 60.8 Å². The normalized spacial score (nSPS) is 16.9. The Balaban J connectivity index is 1.38. The molecule has 4 rings (SSSR count). The third-order valence-electron chi connectivity index (χ3n) is 5.36. The first-order valence-electron chi connectivity index (χ1n) is 9.56. The molecule has 0 spiro atoms. The highest BCUT2D eigenvalue weighted by molar-refractivity contribution is 5.92. The lowest BCUT2D eigenvalue weighted by molar-refractivity contribution is -0.148. The van der Waals surface area contributed by atoms with Gasteiger partial charge in [0.25, 0.3) is 0 Å². The van der Waals surface area contributed by atoms with Crippen LogP contribution in [-0.4, -0.2) is 34.3 Å². The quantitative estimate of drug-likeness (QED) is 0.615. The molecule has 0 bridgehead atoms. The van der Waals surface area contributed by atoms with Gasteiger partial charge in [-0.2, -0.15) is 0 Å². The zero-order chi connectivity index (χ0) is 20.4. The Kier molecular flexibility index (Phi) is 5.14. The zero-order valence-electron chi connectivity index (χ0n) is 15.9. The van der Waals surface area contributed by atoms with Crippen molar-refractivity contribution in [3.8, 4) is 0 Å². The topological polar surface area (TPSA) is 114 Å². The minimum atomic E-state index is -0.758. The number of fused-ring (bicyclic) bond motifs is 1. The summed E-state index contributed by atoms with van der Waals surface area (Å²) < 4.78 is 0. The summed E-state index contributed by atoms with van der Waals surface area (Å²) in [5.41, 5.74) is 13.7. The van der Waals surface area contributed by atoms with Crippen molar-refractivity contribution in [1.82, 2.24) is 15.2 Å². The number of anilines is 1. The molecule has 1 aliphatic rings. The van der Waals surface area contributed by atoms with E-state index in [4.69, 9.17) is 11.5 Å². The van der Waals surface area contributed by atoms with Gasteiger partial charge in [-0.25, -0.2) is 4.98 Å². The number of hydrogen-bond donors (Lipinski definition) is 3. The molecule has 5 N–H and O–H groups in total. The van der Waals surface area contributed by atoms with E-state index in [1.807, 2.05) is 54.6 Å². The Labute approximate surface area is 168 Å². The van der Waals surface area contributed by atoms with Crippen LogP contribution in [0.2, 0.25) is 0 Å². The average molecular weight is 389 g/mol. The lowest BCUT2D eigenvalue weighted by Crippen LogP contribution is -2.59. The van der Waals surface area contributed by atoms with E-state index in [1.165, 1.54) is 0 Å². The molecule has 1 aliphatic heterocycles. The molecule has 0 saturated carbocycles. The van der Waals surface area contributed by atoms with E-state index < -0.39 is 12.1 Å². The standard InChI is InChI=1S/C22H23N5O2/c23-19(15-4-2-1-3-5-15)22(29)27-11-9-18(27)21(28)26-13-14-6-7-17-16(12-14)8-10-25-20(17)24/h1-8,10,12,18-19H,9,11,13,23H2,(H2,24,25)(H,26,28)/t18-,19+/m0/s1. The summed E-state index contributed by atoms with van der Waals surface area (Å²) in [4.78, 5) is 30.9. The van der Waals surface area contributed by atoms with Crippen molar-refractivity contribution in [3.05, 3.63) is 71.9 Å². The van der Waals surface area contributed by atoms with E-state index in [2.05, 4.69) is 10.3 Å². The van der Waals surface area contributed by atoms with Crippen molar-refractivity contribution >= 4 is 28.4 Å². The van der Waals surface area contributed by atoms with Crippen LogP contribution in [0.1, 0.15) is 23.6 Å². The first kappa shape index (κ1) is 18.9. The third kappa shape index (κ3) is 3.77. The summed E-state index contributed by atoms with van der Waals surface area (Å²) in [6.45, 7) is 0.917. The maximum absolute atomic E-state index is 12.7. The molecule has 7 nitrogen and oxygen atoms in total. The number of nitrogens with two attached hydrogens (primary N) is 2. The second kappa shape index (κ2) is 7.89. The van der Waals surface area contributed by atoms with Crippen molar-refractivity contribution in [2.45, 2.75) is 25.0 Å². The Morgan fingerprint density at radius 2 is 1.97 bits per heavy atom. The zero-order valence-corrected chi connectivity index (χ0v) is 15.9. The molecule has 0 aliphatic carbocycles. The molecule has 2 aromatic carbocycles. The molecular formula is C22H23N5O2. The van der Waals surface area contributed by atoms with Crippen LogP contribution < -0.4 is 16.8 Å². The van der Waals surface area contributed by atoms with Crippen molar-refractivity contribution in [1.29, 1.82) is 0 Å². The van der Waals surface area contributed by atoms with Gasteiger partial charge in [0.15, 0.2) is 0 Å². The number of carbonyl (C=O) groups excluding carboxylic acids is 2. The SMILES string of the molecule is Nc1nccc2cc(CNC(=O)[C@@H]3CCN3C(=O)[C@H](N)c3ccccc3)ccc12. The van der Waals surface area contributed by atoms with Crippen LogP contribution in [0.4, 0.5) is 5.82 Å². The van der Waals surface area contributed by atoms with Crippen molar-refractivity contribution in [2.75, 3.05) is 12.3 Å². The van der Waals surface area contributed by atoms with E-state index >= 15 is 0 Å². The number of aromatic nitrogens is 1. The van der Waals surface area contributed by atoms with Gasteiger partial charge in [0.1, 0.15) is 17.9 Å². The predicted octanol–water partition coefficient (Wildman–Crippen LogP) is 1.73. The summed E-state index contributed by atoms with van der Waals surface area (Å²) in [5, 5.41) is 4.78. The van der Waals surface area contributed by atoms with Gasteiger partial charge < -0.3 is 21.7 Å². The smallest absolute Gasteiger partial charge is 0.244 e. The molecule has 29 heavy (non-hydrogen) atoms. The summed E-state index contributed by atoms with van der Waals surface area (Å²) >= 11 is 0. The summed E-state index contributed by atoms with van der Waals surface area (Å²) in [6.07, 6.45) is 2.30. The largest absolute Gasteiger partial charge is 0.383 e. The molecule has 0 radical (unpaired) electrons. The average Bonchev–Trinajstić information content (AvgIpc) is 2.71. The highest BCUT2D eigenvalue weighted by Gasteiger charge is 2.39. The van der Waals surface area contributed by atoms with Gasteiger partial charge >= 0.3 is 0 Å². The van der Waals surface area contributed by atoms with E-state index in [-0.39, 0.29) is 11.8 Å². The molecule has 2 heterocycles. The molecule has 148 valence electrons. The van der Waals surface area contributed by atoms with Crippen LogP contribution in [0.5, 0.6) is 0 Å². The number of nitrogen functional groups attached to an aromatic ring is 1. The number of amides is 2. The van der Waals surface area contributed by atoms with Crippen molar-refractivity contribution in [3.63, 3.8) is 0 Å². The van der Waals surface area contributed by atoms with Crippen molar-refractivity contribution in [2.24, 2.45) is 5.73 Å². The van der Waals surface area contributed by atoms with E-state index in [0.29, 0.717) is 25.3 Å². The molecule has 2 amide bonds. The molecule has 1 aromatic heterocycles. The second-order valence-corrected chi connectivity index (χ2v) is 7.19. The molecule has 2 atom stereocenters. The second-order valence-electron chi connectivity index (χ2n) is 7.19. The van der Waals surface area contributed by atoms with Crippen LogP contribution in [-0.2, 0) is 16.1 Å². The Morgan fingerprint density at radius 1 is 1.17 bits per heavy atom. The molecule has 1 fully saturated rings. The van der Waals surface area contributed by atoms with Crippen LogP contribution in [0.3, 0.4) is 0 Å². The lowest BCUT2D eigenvalue weighted by atomic mass is 9.98. The fourth-order valence-electron chi connectivity index (χ4n) is 3.57. The number of benzene rings is 2. The van der Waals surface area contributed by atoms with Crippen LogP contribution in [0.25, 0.3) is 10.8 Å². The third-order valence-corrected chi connectivity index (χ3v) is 5.36. The molecule has 1 saturated heterocycles. The van der Waals surface area contributed by atoms with Gasteiger partial charge in [0.2, 0.25) is 11.8 Å². The Bertz CT molecular complexity index is 1050. The molecule has 7 heteroatoms.